The maximum absolute atomic E-state index is 12.9. The molecular weight excluding hydrogens is 307 g/mol. The van der Waals surface area contributed by atoms with Gasteiger partial charge in [0.05, 0.1) is 11.3 Å². The molecule has 0 aliphatic carbocycles. The van der Waals surface area contributed by atoms with Crippen LogP contribution in [0.25, 0.3) is 11.3 Å². The number of hydrogen-bond acceptors (Lipinski definition) is 2. The molecule has 0 saturated carbocycles. The van der Waals surface area contributed by atoms with Crippen LogP contribution >= 0.6 is 0 Å². The van der Waals surface area contributed by atoms with Gasteiger partial charge in [-0.05, 0) is 39.0 Å². The van der Waals surface area contributed by atoms with Gasteiger partial charge in [0.2, 0.25) is 0 Å². The molecular formula is C16H18F3N3O. The first-order valence-corrected chi connectivity index (χ1v) is 7.28. The summed E-state index contributed by atoms with van der Waals surface area (Å²) in [5, 5.41) is 6.89. The molecule has 23 heavy (non-hydrogen) atoms. The summed E-state index contributed by atoms with van der Waals surface area (Å²) in [6.07, 6.45) is -4.41. The summed E-state index contributed by atoms with van der Waals surface area (Å²) in [6, 6.07) is 6.46. The highest BCUT2D eigenvalue weighted by Crippen LogP contribution is 2.32. The van der Waals surface area contributed by atoms with E-state index >= 15 is 0 Å². The van der Waals surface area contributed by atoms with Gasteiger partial charge in [0, 0.05) is 18.2 Å². The summed E-state index contributed by atoms with van der Waals surface area (Å²) < 4.78 is 40.1. The van der Waals surface area contributed by atoms with Crippen molar-refractivity contribution in [3.63, 3.8) is 0 Å². The third kappa shape index (κ3) is 3.91. The average Bonchev–Trinajstić information content (AvgIpc) is 2.90. The summed E-state index contributed by atoms with van der Waals surface area (Å²) >= 11 is 0. The van der Waals surface area contributed by atoms with Gasteiger partial charge in [0.1, 0.15) is 0 Å². The lowest BCUT2D eigenvalue weighted by Crippen LogP contribution is -2.30. The number of aromatic nitrogens is 2. The topological polar surface area (TPSA) is 46.9 Å². The lowest BCUT2D eigenvalue weighted by molar-refractivity contribution is -0.137. The minimum absolute atomic E-state index is 0.0497. The number of alkyl halides is 3. The van der Waals surface area contributed by atoms with E-state index in [0.717, 1.165) is 12.1 Å². The SMILES string of the molecule is CCn1nc(C(=O)NC(C)C)cc1-c1cccc(C(F)(F)F)c1. The fourth-order valence-corrected chi connectivity index (χ4v) is 2.19. The Morgan fingerprint density at radius 2 is 2.00 bits per heavy atom. The van der Waals surface area contributed by atoms with Gasteiger partial charge >= 0.3 is 6.18 Å². The van der Waals surface area contributed by atoms with Crippen LogP contribution in [0.1, 0.15) is 36.8 Å². The summed E-state index contributed by atoms with van der Waals surface area (Å²) in [5.41, 5.74) is 0.310. The second kappa shape index (κ2) is 6.44. The molecule has 0 bridgehead atoms. The Hall–Kier alpha value is -2.31. The number of rotatable bonds is 4. The molecule has 1 aromatic carbocycles. The molecule has 1 heterocycles. The third-order valence-corrected chi connectivity index (χ3v) is 3.22. The Kier molecular flexibility index (Phi) is 4.77. The maximum Gasteiger partial charge on any atom is 0.416 e. The van der Waals surface area contributed by atoms with Crippen LogP contribution in [0.4, 0.5) is 13.2 Å². The number of carbonyl (C=O) groups is 1. The van der Waals surface area contributed by atoms with Gasteiger partial charge in [-0.1, -0.05) is 12.1 Å². The zero-order chi connectivity index (χ0) is 17.2. The molecule has 1 amide bonds. The molecule has 0 aliphatic rings. The van der Waals surface area contributed by atoms with Gasteiger partial charge in [0.25, 0.3) is 5.91 Å². The van der Waals surface area contributed by atoms with Crippen molar-refractivity contribution < 1.29 is 18.0 Å². The van der Waals surface area contributed by atoms with Crippen molar-refractivity contribution in [3.05, 3.63) is 41.6 Å². The molecule has 1 N–H and O–H groups in total. The van der Waals surface area contributed by atoms with Crippen LogP contribution in [0.3, 0.4) is 0 Å². The number of amides is 1. The van der Waals surface area contributed by atoms with Crippen molar-refractivity contribution in [2.75, 3.05) is 0 Å². The van der Waals surface area contributed by atoms with E-state index in [0.29, 0.717) is 17.8 Å². The minimum atomic E-state index is -4.41. The van der Waals surface area contributed by atoms with Crippen LogP contribution in [0.2, 0.25) is 0 Å². The summed E-state index contributed by atoms with van der Waals surface area (Å²) in [7, 11) is 0. The Balaban J connectivity index is 2.43. The Morgan fingerprint density at radius 3 is 2.57 bits per heavy atom. The number of hydrogen-bond donors (Lipinski definition) is 1. The predicted molar refractivity (Wildman–Crippen MR) is 80.9 cm³/mol. The number of benzene rings is 1. The monoisotopic (exact) mass is 325 g/mol. The van der Waals surface area contributed by atoms with Crippen LogP contribution < -0.4 is 5.32 Å². The van der Waals surface area contributed by atoms with E-state index in [-0.39, 0.29) is 17.6 Å². The molecule has 1 aromatic heterocycles. The molecule has 0 radical (unpaired) electrons. The van der Waals surface area contributed by atoms with E-state index in [2.05, 4.69) is 10.4 Å². The normalized spacial score (nSPS) is 11.8. The predicted octanol–water partition coefficient (Wildman–Crippen LogP) is 3.73. The average molecular weight is 325 g/mol. The summed E-state index contributed by atoms with van der Waals surface area (Å²) in [6.45, 7) is 5.90. The van der Waals surface area contributed by atoms with E-state index in [9.17, 15) is 18.0 Å². The first-order chi connectivity index (χ1) is 10.7. The lowest BCUT2D eigenvalue weighted by atomic mass is 10.1. The largest absolute Gasteiger partial charge is 0.416 e. The molecule has 4 nitrogen and oxygen atoms in total. The second-order valence-electron chi connectivity index (χ2n) is 5.44. The van der Waals surface area contributed by atoms with Crippen molar-refractivity contribution in [2.24, 2.45) is 0 Å². The first-order valence-electron chi connectivity index (χ1n) is 7.28. The number of nitrogens with zero attached hydrogens (tertiary/aromatic N) is 2. The summed E-state index contributed by atoms with van der Waals surface area (Å²) in [5.74, 6) is -0.347. The highest BCUT2D eigenvalue weighted by atomic mass is 19.4. The quantitative estimate of drug-likeness (QED) is 0.931. The minimum Gasteiger partial charge on any atom is -0.348 e. The number of nitrogens with one attached hydrogen (secondary N) is 1. The smallest absolute Gasteiger partial charge is 0.348 e. The lowest BCUT2D eigenvalue weighted by Gasteiger charge is -2.09. The Labute approximate surface area is 132 Å². The van der Waals surface area contributed by atoms with Crippen molar-refractivity contribution in [3.8, 4) is 11.3 Å². The zero-order valence-corrected chi connectivity index (χ0v) is 13.1. The molecule has 0 saturated heterocycles. The van der Waals surface area contributed by atoms with E-state index in [1.807, 2.05) is 20.8 Å². The molecule has 0 aliphatic heterocycles. The molecule has 0 atom stereocenters. The van der Waals surface area contributed by atoms with Crippen LogP contribution in [0.5, 0.6) is 0 Å². The number of halogens is 3. The van der Waals surface area contributed by atoms with Crippen LogP contribution in [-0.4, -0.2) is 21.7 Å². The van der Waals surface area contributed by atoms with E-state index in [1.165, 1.54) is 16.8 Å². The van der Waals surface area contributed by atoms with Gasteiger partial charge in [-0.2, -0.15) is 18.3 Å². The number of aryl methyl sites for hydroxylation is 1. The highest BCUT2D eigenvalue weighted by Gasteiger charge is 2.30. The van der Waals surface area contributed by atoms with Crippen molar-refractivity contribution >= 4 is 5.91 Å². The number of carbonyl (C=O) groups excluding carboxylic acids is 1. The fraction of sp³-hybridized carbons (Fsp3) is 0.375. The van der Waals surface area contributed by atoms with Crippen LogP contribution in [0, 0.1) is 0 Å². The standard InChI is InChI=1S/C16H18F3N3O/c1-4-22-14(9-13(21-22)15(23)20-10(2)3)11-6-5-7-12(8-11)16(17,18)19/h5-10H,4H2,1-3H3,(H,20,23). The molecule has 0 fully saturated rings. The van der Waals surface area contributed by atoms with Gasteiger partial charge in [0.15, 0.2) is 5.69 Å². The fourth-order valence-electron chi connectivity index (χ4n) is 2.19. The van der Waals surface area contributed by atoms with Gasteiger partial charge in [-0.3, -0.25) is 9.48 Å². The molecule has 2 aromatic rings. The highest BCUT2D eigenvalue weighted by molar-refractivity contribution is 5.93. The molecule has 7 heteroatoms. The third-order valence-electron chi connectivity index (χ3n) is 3.22. The first kappa shape index (κ1) is 17.1. The molecule has 0 spiro atoms. The molecule has 0 unspecified atom stereocenters. The van der Waals surface area contributed by atoms with E-state index in [1.54, 1.807) is 6.07 Å². The second-order valence-corrected chi connectivity index (χ2v) is 5.44. The van der Waals surface area contributed by atoms with Crippen LogP contribution in [-0.2, 0) is 12.7 Å². The molecule has 124 valence electrons. The zero-order valence-electron chi connectivity index (χ0n) is 13.1. The van der Waals surface area contributed by atoms with Crippen molar-refractivity contribution in [1.82, 2.24) is 15.1 Å². The Morgan fingerprint density at radius 1 is 1.30 bits per heavy atom. The van der Waals surface area contributed by atoms with Crippen molar-refractivity contribution in [2.45, 2.75) is 39.5 Å². The Bertz CT molecular complexity index is 705. The van der Waals surface area contributed by atoms with Gasteiger partial charge in [-0.25, -0.2) is 0 Å². The van der Waals surface area contributed by atoms with Gasteiger partial charge < -0.3 is 5.32 Å². The van der Waals surface area contributed by atoms with Crippen LogP contribution in [0.15, 0.2) is 30.3 Å². The van der Waals surface area contributed by atoms with Gasteiger partial charge in [-0.15, -0.1) is 0 Å². The van der Waals surface area contributed by atoms with E-state index in [4.69, 9.17) is 0 Å². The summed E-state index contributed by atoms with van der Waals surface area (Å²) in [4.78, 5) is 12.0. The molecule has 2 rings (SSSR count). The van der Waals surface area contributed by atoms with Crippen molar-refractivity contribution in [1.29, 1.82) is 0 Å². The van der Waals surface area contributed by atoms with E-state index < -0.39 is 11.7 Å². The maximum atomic E-state index is 12.9.